The molecule has 1 aliphatic rings. The maximum atomic E-state index is 13.3. The van der Waals surface area contributed by atoms with E-state index in [4.69, 9.17) is 32.7 Å². The standard InChI is InChI=1S/C28H24Cl2N2O5/c1-15-5-7-18(9-17(15)3)14-37-25-22(30)11-19(12-24(25)36-4)10-21-26(33)31-28(35)32(27(21)34)23-13-20(29)8-6-16(23)2/h5-13H,14H2,1-4H3,(H,31,33,35)/b21-10+. The Bertz CT molecular complexity index is 1470. The summed E-state index contributed by atoms with van der Waals surface area (Å²) in [7, 11) is 1.46. The average Bonchev–Trinajstić information content (AvgIpc) is 2.84. The van der Waals surface area contributed by atoms with Crippen molar-refractivity contribution in [2.45, 2.75) is 27.4 Å². The first-order chi connectivity index (χ1) is 17.6. The van der Waals surface area contributed by atoms with Gasteiger partial charge in [0.15, 0.2) is 11.5 Å². The number of urea groups is 1. The third-order valence-corrected chi connectivity index (χ3v) is 6.55. The highest BCUT2D eigenvalue weighted by atomic mass is 35.5. The third-order valence-electron chi connectivity index (χ3n) is 6.03. The number of carbonyl (C=O) groups excluding carboxylic acids is 3. The van der Waals surface area contributed by atoms with E-state index < -0.39 is 17.8 Å². The summed E-state index contributed by atoms with van der Waals surface area (Å²) in [6.45, 7) is 6.07. The monoisotopic (exact) mass is 538 g/mol. The third kappa shape index (κ3) is 5.48. The molecule has 0 bridgehead atoms. The molecule has 0 aliphatic carbocycles. The maximum Gasteiger partial charge on any atom is 0.335 e. The zero-order chi connectivity index (χ0) is 26.9. The Balaban J connectivity index is 1.65. The highest BCUT2D eigenvalue weighted by molar-refractivity contribution is 6.40. The van der Waals surface area contributed by atoms with Crippen LogP contribution >= 0.6 is 23.2 Å². The highest BCUT2D eigenvalue weighted by Crippen LogP contribution is 2.38. The van der Waals surface area contributed by atoms with Crippen LogP contribution < -0.4 is 19.7 Å². The van der Waals surface area contributed by atoms with Gasteiger partial charge >= 0.3 is 6.03 Å². The SMILES string of the molecule is COc1cc(/C=C2\C(=O)NC(=O)N(c3cc(Cl)ccc3C)C2=O)cc(Cl)c1OCc1ccc(C)c(C)c1. The van der Waals surface area contributed by atoms with E-state index in [1.165, 1.54) is 24.8 Å². The number of barbiturate groups is 1. The van der Waals surface area contributed by atoms with E-state index in [9.17, 15) is 14.4 Å². The molecule has 37 heavy (non-hydrogen) atoms. The van der Waals surface area contributed by atoms with Gasteiger partial charge in [-0.25, -0.2) is 9.69 Å². The van der Waals surface area contributed by atoms with Crippen LogP contribution in [0.25, 0.3) is 6.08 Å². The van der Waals surface area contributed by atoms with E-state index >= 15 is 0 Å². The second-order valence-electron chi connectivity index (χ2n) is 8.63. The summed E-state index contributed by atoms with van der Waals surface area (Å²) >= 11 is 12.6. The molecule has 4 amide bonds. The van der Waals surface area contributed by atoms with Crippen LogP contribution in [0.5, 0.6) is 11.5 Å². The van der Waals surface area contributed by atoms with Crippen LogP contribution in [0.2, 0.25) is 10.0 Å². The quantitative estimate of drug-likeness (QED) is 0.299. The first-order valence-corrected chi connectivity index (χ1v) is 12.1. The molecule has 1 N–H and O–H groups in total. The zero-order valence-corrected chi connectivity index (χ0v) is 22.2. The first kappa shape index (κ1) is 26.3. The van der Waals surface area contributed by atoms with Crippen LogP contribution in [0.15, 0.2) is 54.1 Å². The summed E-state index contributed by atoms with van der Waals surface area (Å²) in [5.41, 5.74) is 4.38. The summed E-state index contributed by atoms with van der Waals surface area (Å²) < 4.78 is 11.4. The van der Waals surface area contributed by atoms with Crippen LogP contribution in [-0.4, -0.2) is 25.0 Å². The number of imide groups is 2. The van der Waals surface area contributed by atoms with Crippen molar-refractivity contribution < 1.29 is 23.9 Å². The fourth-order valence-corrected chi connectivity index (χ4v) is 4.32. The Hall–Kier alpha value is -3.81. The number of halogens is 2. The molecule has 7 nitrogen and oxygen atoms in total. The van der Waals surface area contributed by atoms with E-state index in [1.54, 1.807) is 31.2 Å². The Morgan fingerprint density at radius 1 is 0.919 bits per heavy atom. The Labute approximate surface area is 224 Å². The van der Waals surface area contributed by atoms with E-state index in [-0.39, 0.29) is 22.9 Å². The van der Waals surface area contributed by atoms with E-state index in [1.807, 2.05) is 32.0 Å². The van der Waals surface area contributed by atoms with E-state index in [0.29, 0.717) is 27.6 Å². The largest absolute Gasteiger partial charge is 0.493 e. The molecule has 0 unspecified atom stereocenters. The van der Waals surface area contributed by atoms with Crippen molar-refractivity contribution in [2.24, 2.45) is 0 Å². The van der Waals surface area contributed by atoms with Crippen molar-refractivity contribution in [2.75, 3.05) is 12.0 Å². The maximum absolute atomic E-state index is 13.3. The predicted molar refractivity (Wildman–Crippen MR) is 143 cm³/mol. The van der Waals surface area contributed by atoms with Gasteiger partial charge in [-0.15, -0.1) is 0 Å². The molecule has 9 heteroatoms. The van der Waals surface area contributed by atoms with Gasteiger partial charge in [-0.3, -0.25) is 14.9 Å². The van der Waals surface area contributed by atoms with Crippen LogP contribution in [-0.2, 0) is 16.2 Å². The number of anilines is 1. The molecule has 1 heterocycles. The number of amides is 4. The van der Waals surface area contributed by atoms with Crippen LogP contribution in [0.4, 0.5) is 10.5 Å². The Morgan fingerprint density at radius 3 is 2.35 bits per heavy atom. The normalized spacial score (nSPS) is 14.7. The van der Waals surface area contributed by atoms with Crippen LogP contribution in [0, 0.1) is 20.8 Å². The Kier molecular flexibility index (Phi) is 7.57. The molecule has 4 rings (SSSR count). The minimum absolute atomic E-state index is 0.234. The van der Waals surface area contributed by atoms with Crippen LogP contribution in [0.3, 0.4) is 0 Å². The van der Waals surface area contributed by atoms with Crippen molar-refractivity contribution >= 4 is 52.8 Å². The van der Waals surface area contributed by atoms with Crippen molar-refractivity contribution in [3.8, 4) is 11.5 Å². The van der Waals surface area contributed by atoms with Crippen molar-refractivity contribution in [3.05, 3.63) is 92.0 Å². The topological polar surface area (TPSA) is 84.9 Å². The van der Waals surface area contributed by atoms with Gasteiger partial charge in [0.1, 0.15) is 12.2 Å². The lowest BCUT2D eigenvalue weighted by Gasteiger charge is -2.27. The Morgan fingerprint density at radius 2 is 1.65 bits per heavy atom. The summed E-state index contributed by atoms with van der Waals surface area (Å²) in [4.78, 5) is 39.3. The zero-order valence-electron chi connectivity index (χ0n) is 20.6. The molecule has 3 aromatic rings. The lowest BCUT2D eigenvalue weighted by Crippen LogP contribution is -2.54. The van der Waals surface area contributed by atoms with Crippen molar-refractivity contribution in [1.82, 2.24) is 5.32 Å². The number of methoxy groups -OCH3 is 1. The molecule has 0 atom stereocenters. The second-order valence-corrected chi connectivity index (χ2v) is 9.47. The summed E-state index contributed by atoms with van der Waals surface area (Å²) in [5.74, 6) is -0.957. The molecule has 1 fully saturated rings. The molecule has 0 saturated carbocycles. The van der Waals surface area contributed by atoms with Gasteiger partial charge in [0.2, 0.25) is 0 Å². The number of carbonyl (C=O) groups is 3. The second kappa shape index (κ2) is 10.7. The number of nitrogens with one attached hydrogen (secondary N) is 1. The number of nitrogens with zero attached hydrogens (tertiary/aromatic N) is 1. The lowest BCUT2D eigenvalue weighted by atomic mass is 10.1. The van der Waals surface area contributed by atoms with Crippen LogP contribution in [0.1, 0.15) is 27.8 Å². The van der Waals surface area contributed by atoms with Gasteiger partial charge in [-0.1, -0.05) is 47.5 Å². The molecule has 0 aromatic heterocycles. The lowest BCUT2D eigenvalue weighted by molar-refractivity contribution is -0.122. The number of ether oxygens (including phenoxy) is 2. The molecule has 190 valence electrons. The minimum atomic E-state index is -0.858. The molecule has 3 aromatic carbocycles. The molecule has 0 spiro atoms. The van der Waals surface area contributed by atoms with Crippen molar-refractivity contribution in [1.29, 1.82) is 0 Å². The minimum Gasteiger partial charge on any atom is -0.493 e. The summed E-state index contributed by atoms with van der Waals surface area (Å²) in [6, 6.07) is 13.1. The highest BCUT2D eigenvalue weighted by Gasteiger charge is 2.37. The molecular formula is C28H24Cl2N2O5. The molecule has 1 aliphatic heterocycles. The number of hydrogen-bond donors (Lipinski definition) is 1. The fourth-order valence-electron chi connectivity index (χ4n) is 3.88. The predicted octanol–water partition coefficient (Wildman–Crippen LogP) is 6.17. The number of aryl methyl sites for hydroxylation is 3. The fraction of sp³-hybridized carbons (Fsp3) is 0.179. The summed E-state index contributed by atoms with van der Waals surface area (Å²) in [5, 5.41) is 2.78. The number of benzene rings is 3. The van der Waals surface area contributed by atoms with Gasteiger partial charge in [0.05, 0.1) is 17.8 Å². The van der Waals surface area contributed by atoms with E-state index in [2.05, 4.69) is 5.32 Å². The van der Waals surface area contributed by atoms with Gasteiger partial charge in [0.25, 0.3) is 11.8 Å². The average molecular weight is 539 g/mol. The summed E-state index contributed by atoms with van der Waals surface area (Å²) in [6.07, 6.45) is 1.35. The van der Waals surface area contributed by atoms with Gasteiger partial charge in [-0.2, -0.15) is 0 Å². The molecular weight excluding hydrogens is 515 g/mol. The van der Waals surface area contributed by atoms with Gasteiger partial charge in [0, 0.05) is 5.02 Å². The molecule has 1 saturated heterocycles. The van der Waals surface area contributed by atoms with Crippen molar-refractivity contribution in [3.63, 3.8) is 0 Å². The van der Waals surface area contributed by atoms with E-state index in [0.717, 1.165) is 16.0 Å². The number of hydrogen-bond acceptors (Lipinski definition) is 5. The van der Waals surface area contributed by atoms with Gasteiger partial charge < -0.3 is 9.47 Å². The smallest absolute Gasteiger partial charge is 0.335 e. The number of rotatable bonds is 6. The first-order valence-electron chi connectivity index (χ1n) is 11.3. The van der Waals surface area contributed by atoms with Gasteiger partial charge in [-0.05, 0) is 78.9 Å². The molecule has 0 radical (unpaired) electrons.